The quantitative estimate of drug-likeness (QED) is 0.310. The van der Waals surface area contributed by atoms with E-state index >= 15 is 4.39 Å². The van der Waals surface area contributed by atoms with Gasteiger partial charge < -0.3 is 25.2 Å². The van der Waals surface area contributed by atoms with E-state index in [0.29, 0.717) is 49.6 Å². The van der Waals surface area contributed by atoms with E-state index in [-0.39, 0.29) is 39.3 Å². The molecule has 2 aliphatic rings. The van der Waals surface area contributed by atoms with E-state index < -0.39 is 22.8 Å². The van der Waals surface area contributed by atoms with Gasteiger partial charge >= 0.3 is 0 Å². The first-order chi connectivity index (χ1) is 20.1. The number of nitrogens with one attached hydrogen (secondary N) is 2. The normalized spacial score (nSPS) is 18.8. The number of aromatic nitrogens is 4. The smallest absolute Gasteiger partial charge is 0.249 e. The number of fused-ring (bicyclic) bond motifs is 2. The van der Waals surface area contributed by atoms with Crippen LogP contribution in [-0.4, -0.2) is 69.9 Å². The van der Waals surface area contributed by atoms with Crippen LogP contribution in [0.4, 0.5) is 20.5 Å². The Kier molecular flexibility index (Phi) is 7.29. The molecule has 0 aliphatic carbocycles. The molecule has 3 N–H and O–H groups in total. The minimum atomic E-state index is -0.784. The molecule has 0 radical (unpaired) electrons. The van der Waals surface area contributed by atoms with E-state index in [4.69, 9.17) is 11.4 Å². The summed E-state index contributed by atoms with van der Waals surface area (Å²) in [6, 6.07) is 4.00. The molecule has 1 aromatic carbocycles. The minimum Gasteiger partial charge on any atom is -0.390 e. The summed E-state index contributed by atoms with van der Waals surface area (Å²) in [4.78, 5) is 33.1. The number of aromatic amines is 1. The van der Waals surface area contributed by atoms with Gasteiger partial charge in [-0.1, -0.05) is 12.3 Å². The zero-order chi connectivity index (χ0) is 29.6. The maximum Gasteiger partial charge on any atom is 0.249 e. The Morgan fingerprint density at radius 3 is 2.74 bits per heavy atom. The lowest BCUT2D eigenvalue weighted by molar-refractivity contribution is 0.0349. The number of benzene rings is 1. The van der Waals surface area contributed by atoms with Crippen molar-refractivity contribution in [2.24, 2.45) is 0 Å². The third kappa shape index (κ3) is 5.16. The molecular formula is C31H33F2N7O2. The lowest BCUT2D eigenvalue weighted by Gasteiger charge is -2.36. The molecule has 2 fully saturated rings. The van der Waals surface area contributed by atoms with Gasteiger partial charge in [-0.15, -0.1) is 6.42 Å². The molecule has 2 saturated heterocycles. The first kappa shape index (κ1) is 28.0. The number of halogens is 2. The third-order valence-electron chi connectivity index (χ3n) is 8.40. The number of pyridine rings is 2. The predicted octanol–water partition coefficient (Wildman–Crippen LogP) is 3.72. The standard InChI is InChI=1S/C31H33F2N7O2/c1-4-19-22(32)8-9-23-25(19)20(15-24(41)36-23)27-26(33)28-21(16-35-27)29(39(3)17-18-7-5-6-12-34-18)38-30(37-28)40-13-10-31(2,42)11-14-40/h1,8-9,15-16,18,34,42H,5-7,10-14,17H2,2-3H3,(H,36,41)/t18-/m1/s1. The van der Waals surface area contributed by atoms with Crippen molar-refractivity contribution >= 4 is 33.6 Å². The largest absolute Gasteiger partial charge is 0.390 e. The second-order valence-electron chi connectivity index (χ2n) is 11.6. The van der Waals surface area contributed by atoms with Crippen LogP contribution in [0.25, 0.3) is 33.1 Å². The third-order valence-corrected chi connectivity index (χ3v) is 8.40. The molecule has 0 spiro atoms. The van der Waals surface area contributed by atoms with Crippen LogP contribution in [0.1, 0.15) is 44.6 Å². The van der Waals surface area contributed by atoms with Crippen molar-refractivity contribution < 1.29 is 13.9 Å². The summed E-state index contributed by atoms with van der Waals surface area (Å²) in [6.45, 7) is 4.43. The maximum absolute atomic E-state index is 16.6. The van der Waals surface area contributed by atoms with Crippen molar-refractivity contribution in [2.75, 3.05) is 43.0 Å². The van der Waals surface area contributed by atoms with Gasteiger partial charge in [-0.25, -0.2) is 13.8 Å². The monoisotopic (exact) mass is 573 g/mol. The Labute approximate surface area is 242 Å². The summed E-state index contributed by atoms with van der Waals surface area (Å²) in [5.41, 5.74) is -1.15. The van der Waals surface area contributed by atoms with Gasteiger partial charge in [0.05, 0.1) is 22.1 Å². The molecule has 3 aromatic heterocycles. The lowest BCUT2D eigenvalue weighted by Crippen LogP contribution is -2.44. The number of anilines is 2. The number of rotatable bonds is 5. The van der Waals surface area contributed by atoms with Crippen LogP contribution in [0.15, 0.2) is 29.2 Å². The second kappa shape index (κ2) is 10.9. The number of hydrogen-bond acceptors (Lipinski definition) is 8. The molecule has 0 amide bonds. The molecule has 218 valence electrons. The van der Waals surface area contributed by atoms with Gasteiger partial charge in [0.2, 0.25) is 11.5 Å². The van der Waals surface area contributed by atoms with Crippen molar-refractivity contribution in [1.29, 1.82) is 0 Å². The topological polar surface area (TPSA) is 110 Å². The number of H-pyrrole nitrogens is 1. The number of nitrogens with zero attached hydrogens (tertiary/aromatic N) is 5. The molecule has 2 aliphatic heterocycles. The molecule has 5 heterocycles. The van der Waals surface area contributed by atoms with Crippen molar-refractivity contribution in [2.45, 2.75) is 50.7 Å². The second-order valence-corrected chi connectivity index (χ2v) is 11.6. The average molecular weight is 574 g/mol. The Balaban J connectivity index is 1.54. The number of aliphatic hydroxyl groups is 1. The van der Waals surface area contributed by atoms with Gasteiger partial charge in [0.1, 0.15) is 22.8 Å². The highest BCUT2D eigenvalue weighted by molar-refractivity contribution is 6.00. The molecule has 0 unspecified atom stereocenters. The molecule has 11 heteroatoms. The molecular weight excluding hydrogens is 540 g/mol. The molecule has 4 aromatic rings. The molecule has 0 bridgehead atoms. The highest BCUT2D eigenvalue weighted by Crippen LogP contribution is 2.36. The van der Waals surface area contributed by atoms with E-state index in [1.165, 1.54) is 24.4 Å². The Bertz CT molecular complexity index is 1770. The van der Waals surface area contributed by atoms with Gasteiger partial charge in [-0.2, -0.15) is 4.98 Å². The van der Waals surface area contributed by atoms with E-state index in [0.717, 1.165) is 25.8 Å². The van der Waals surface area contributed by atoms with Crippen molar-refractivity contribution in [3.63, 3.8) is 0 Å². The Morgan fingerprint density at radius 1 is 1.24 bits per heavy atom. The van der Waals surface area contributed by atoms with E-state index in [2.05, 4.69) is 26.2 Å². The highest BCUT2D eigenvalue weighted by Gasteiger charge is 2.30. The molecule has 0 saturated carbocycles. The first-order valence-electron chi connectivity index (χ1n) is 14.3. The van der Waals surface area contributed by atoms with Crippen LogP contribution in [0.2, 0.25) is 0 Å². The average Bonchev–Trinajstić information content (AvgIpc) is 2.97. The highest BCUT2D eigenvalue weighted by atomic mass is 19.1. The fourth-order valence-corrected chi connectivity index (χ4v) is 6.00. The Hall–Kier alpha value is -4.14. The summed E-state index contributed by atoms with van der Waals surface area (Å²) in [7, 11) is 1.92. The number of terminal acetylenes is 1. The predicted molar refractivity (Wildman–Crippen MR) is 160 cm³/mol. The fourth-order valence-electron chi connectivity index (χ4n) is 6.00. The Morgan fingerprint density at radius 2 is 2.02 bits per heavy atom. The van der Waals surface area contributed by atoms with Gasteiger partial charge in [0.25, 0.3) is 0 Å². The first-order valence-corrected chi connectivity index (χ1v) is 14.3. The maximum atomic E-state index is 16.6. The summed E-state index contributed by atoms with van der Waals surface area (Å²) in [6.07, 6.45) is 11.5. The van der Waals surface area contributed by atoms with E-state index in [9.17, 15) is 14.3 Å². The van der Waals surface area contributed by atoms with Crippen LogP contribution in [0.5, 0.6) is 0 Å². The molecule has 1 atom stereocenters. The minimum absolute atomic E-state index is 0.0351. The van der Waals surface area contributed by atoms with Gasteiger partial charge in [-0.3, -0.25) is 9.78 Å². The van der Waals surface area contributed by atoms with Gasteiger partial charge in [-0.05, 0) is 51.3 Å². The lowest BCUT2D eigenvalue weighted by atomic mass is 9.94. The van der Waals surface area contributed by atoms with Crippen molar-refractivity contribution in [3.05, 3.63) is 51.9 Å². The van der Waals surface area contributed by atoms with Crippen LogP contribution in [0, 0.1) is 24.0 Å². The zero-order valence-corrected chi connectivity index (χ0v) is 23.7. The summed E-state index contributed by atoms with van der Waals surface area (Å²) in [5, 5.41) is 14.6. The van der Waals surface area contributed by atoms with Gasteiger partial charge in [0, 0.05) is 55.9 Å². The summed E-state index contributed by atoms with van der Waals surface area (Å²) in [5.74, 6) is 1.79. The van der Waals surface area contributed by atoms with Gasteiger partial charge in [0.15, 0.2) is 5.82 Å². The van der Waals surface area contributed by atoms with Crippen molar-refractivity contribution in [3.8, 4) is 23.6 Å². The zero-order valence-electron chi connectivity index (χ0n) is 23.7. The molecule has 9 nitrogen and oxygen atoms in total. The van der Waals surface area contributed by atoms with Crippen LogP contribution >= 0.6 is 0 Å². The summed E-state index contributed by atoms with van der Waals surface area (Å²) >= 11 is 0. The van der Waals surface area contributed by atoms with E-state index in [1.807, 2.05) is 16.8 Å². The molecule has 42 heavy (non-hydrogen) atoms. The SMILES string of the molecule is C#Cc1c(F)ccc2[nH]c(=O)cc(-c3ncc4c(N(C)C[C@H]5CCCCN5)nc(N5CCC(C)(O)CC5)nc4c3F)c12. The van der Waals surface area contributed by atoms with Crippen LogP contribution in [-0.2, 0) is 0 Å². The number of likely N-dealkylation sites (N-methyl/N-ethyl adjacent to an activating group) is 1. The van der Waals surface area contributed by atoms with Crippen LogP contribution < -0.4 is 20.7 Å². The summed E-state index contributed by atoms with van der Waals surface area (Å²) < 4.78 is 31.3. The number of piperidine rings is 2. The van der Waals surface area contributed by atoms with Crippen LogP contribution in [0.3, 0.4) is 0 Å². The fraction of sp³-hybridized carbons (Fsp3) is 0.419. The number of hydrogen-bond donors (Lipinski definition) is 3. The molecule has 6 rings (SSSR count). The van der Waals surface area contributed by atoms with E-state index in [1.54, 1.807) is 6.92 Å². The van der Waals surface area contributed by atoms with Crippen molar-refractivity contribution in [1.82, 2.24) is 25.3 Å².